The lowest BCUT2D eigenvalue weighted by molar-refractivity contribution is -0.274. The van der Waals surface area contributed by atoms with E-state index >= 15 is 0 Å². The van der Waals surface area contributed by atoms with Gasteiger partial charge in [0.05, 0.1) is 5.56 Å². The van der Waals surface area contributed by atoms with Crippen LogP contribution >= 0.6 is 11.8 Å². The number of rotatable bonds is 3. The van der Waals surface area contributed by atoms with Crippen LogP contribution in [-0.2, 0) is 0 Å². The highest BCUT2D eigenvalue weighted by Crippen LogP contribution is 2.40. The zero-order valence-electron chi connectivity index (χ0n) is 13.4. The van der Waals surface area contributed by atoms with Crippen LogP contribution < -0.4 is 4.74 Å². The summed E-state index contributed by atoms with van der Waals surface area (Å²) in [5.41, 5.74) is 1.98. The minimum absolute atomic E-state index is 0.0839. The van der Waals surface area contributed by atoms with Crippen LogP contribution in [0.4, 0.5) is 13.2 Å². The number of hydrogen-bond acceptors (Lipinski definition) is 3. The summed E-state index contributed by atoms with van der Waals surface area (Å²) in [5, 5.41) is -0.216. The fourth-order valence-corrected chi connectivity index (χ4v) is 3.95. The number of nitrogens with zero attached hydrogens (tertiary/aromatic N) is 1. The van der Waals surface area contributed by atoms with Gasteiger partial charge in [-0.1, -0.05) is 42.0 Å². The molecule has 0 radical (unpaired) electrons. The molecule has 1 aliphatic rings. The predicted molar refractivity (Wildman–Crippen MR) is 90.5 cm³/mol. The highest BCUT2D eigenvalue weighted by atomic mass is 32.2. The van der Waals surface area contributed by atoms with Crippen LogP contribution in [-0.4, -0.2) is 29.5 Å². The molecule has 25 heavy (non-hydrogen) atoms. The topological polar surface area (TPSA) is 29.5 Å². The fourth-order valence-electron chi connectivity index (χ4n) is 2.70. The van der Waals surface area contributed by atoms with Crippen LogP contribution in [0, 0.1) is 6.92 Å². The van der Waals surface area contributed by atoms with Crippen molar-refractivity contribution in [2.75, 3.05) is 12.3 Å². The van der Waals surface area contributed by atoms with Gasteiger partial charge >= 0.3 is 6.36 Å². The van der Waals surface area contributed by atoms with Crippen LogP contribution in [0.1, 0.15) is 26.9 Å². The summed E-state index contributed by atoms with van der Waals surface area (Å²) in [6, 6.07) is 13.3. The molecule has 3 nitrogen and oxygen atoms in total. The van der Waals surface area contributed by atoms with Crippen LogP contribution in [0.25, 0.3) is 0 Å². The first kappa shape index (κ1) is 17.7. The summed E-state index contributed by atoms with van der Waals surface area (Å²) in [6.07, 6.45) is -4.84. The number of carbonyl (C=O) groups excluding carboxylic acids is 1. The number of benzene rings is 2. The number of para-hydroxylation sites is 1. The van der Waals surface area contributed by atoms with Crippen molar-refractivity contribution < 1.29 is 22.7 Å². The first-order chi connectivity index (χ1) is 11.8. The van der Waals surface area contributed by atoms with Crippen LogP contribution in [0.2, 0.25) is 0 Å². The summed E-state index contributed by atoms with van der Waals surface area (Å²) in [6.45, 7) is 2.45. The van der Waals surface area contributed by atoms with E-state index in [1.54, 1.807) is 16.7 Å². The average molecular weight is 367 g/mol. The van der Waals surface area contributed by atoms with E-state index in [1.807, 2.05) is 31.2 Å². The van der Waals surface area contributed by atoms with E-state index in [-0.39, 0.29) is 10.9 Å². The first-order valence-corrected chi connectivity index (χ1v) is 8.74. The van der Waals surface area contributed by atoms with E-state index in [0.29, 0.717) is 6.54 Å². The quantitative estimate of drug-likeness (QED) is 0.782. The molecule has 0 saturated carbocycles. The molecular formula is C18H16F3NO2S. The fraction of sp³-hybridized carbons (Fsp3) is 0.278. The van der Waals surface area contributed by atoms with Crippen molar-refractivity contribution in [3.63, 3.8) is 0 Å². The largest absolute Gasteiger partial charge is 0.573 e. The van der Waals surface area contributed by atoms with Crippen molar-refractivity contribution >= 4 is 17.7 Å². The Morgan fingerprint density at radius 2 is 1.84 bits per heavy atom. The van der Waals surface area contributed by atoms with Gasteiger partial charge in [-0.05, 0) is 24.6 Å². The average Bonchev–Trinajstić information content (AvgIpc) is 3.03. The van der Waals surface area contributed by atoms with Gasteiger partial charge < -0.3 is 9.64 Å². The summed E-state index contributed by atoms with van der Waals surface area (Å²) in [5.74, 6) is -0.206. The second-order valence-corrected chi connectivity index (χ2v) is 6.86. The Kier molecular flexibility index (Phi) is 4.94. The van der Waals surface area contributed by atoms with Gasteiger partial charge in [-0.25, -0.2) is 0 Å². The molecule has 1 amide bonds. The van der Waals surface area contributed by atoms with Gasteiger partial charge in [0.25, 0.3) is 5.91 Å². The molecule has 7 heteroatoms. The highest BCUT2D eigenvalue weighted by Gasteiger charge is 2.36. The minimum atomic E-state index is -4.84. The Morgan fingerprint density at radius 1 is 1.16 bits per heavy atom. The van der Waals surface area contributed by atoms with E-state index < -0.39 is 18.0 Å². The van der Waals surface area contributed by atoms with Crippen molar-refractivity contribution in [2.45, 2.75) is 18.7 Å². The predicted octanol–water partition coefficient (Wildman–Crippen LogP) is 4.78. The third-order valence-electron chi connectivity index (χ3n) is 3.86. The van der Waals surface area contributed by atoms with Crippen molar-refractivity contribution in [3.05, 3.63) is 65.2 Å². The monoisotopic (exact) mass is 367 g/mol. The van der Waals surface area contributed by atoms with Gasteiger partial charge in [0, 0.05) is 12.3 Å². The molecule has 2 aromatic carbocycles. The third-order valence-corrected chi connectivity index (χ3v) is 5.12. The van der Waals surface area contributed by atoms with E-state index in [1.165, 1.54) is 18.2 Å². The molecule has 1 unspecified atom stereocenters. The van der Waals surface area contributed by atoms with E-state index in [9.17, 15) is 18.0 Å². The molecular weight excluding hydrogens is 351 g/mol. The Labute approximate surface area is 147 Å². The molecule has 0 N–H and O–H groups in total. The molecule has 1 fully saturated rings. The highest BCUT2D eigenvalue weighted by molar-refractivity contribution is 7.99. The zero-order chi connectivity index (χ0) is 18.0. The maximum atomic E-state index is 12.9. The second kappa shape index (κ2) is 7.00. The van der Waals surface area contributed by atoms with E-state index in [2.05, 4.69) is 4.74 Å². The standard InChI is InChI=1S/C18H16F3NO2S/c1-12-6-8-13(9-7-12)17-22(10-11-25-17)16(23)14-4-2-3-5-15(14)24-18(19,20)21/h2-9,17H,10-11H2,1H3. The minimum Gasteiger partial charge on any atom is -0.405 e. The molecule has 1 atom stereocenters. The SMILES string of the molecule is Cc1ccc(C2SCCN2C(=O)c2ccccc2OC(F)(F)F)cc1. The summed E-state index contributed by atoms with van der Waals surface area (Å²) in [7, 11) is 0. The molecule has 2 aromatic rings. The number of carbonyl (C=O) groups is 1. The van der Waals surface area contributed by atoms with Gasteiger partial charge in [-0.2, -0.15) is 0 Å². The molecule has 0 bridgehead atoms. The molecule has 1 aliphatic heterocycles. The molecule has 1 heterocycles. The number of halogens is 3. The second-order valence-electron chi connectivity index (χ2n) is 5.68. The number of amides is 1. The molecule has 1 saturated heterocycles. The Balaban J connectivity index is 1.88. The lowest BCUT2D eigenvalue weighted by Gasteiger charge is -2.25. The zero-order valence-corrected chi connectivity index (χ0v) is 14.2. The maximum absolute atomic E-state index is 12.9. The van der Waals surface area contributed by atoms with Gasteiger partial charge in [-0.3, -0.25) is 4.79 Å². The number of hydrogen-bond donors (Lipinski definition) is 0. The van der Waals surface area contributed by atoms with Gasteiger partial charge in [0.15, 0.2) is 0 Å². The van der Waals surface area contributed by atoms with Crippen LogP contribution in [0.5, 0.6) is 5.75 Å². The Morgan fingerprint density at radius 3 is 2.52 bits per heavy atom. The number of alkyl halides is 3. The van der Waals surface area contributed by atoms with Crippen molar-refractivity contribution in [1.82, 2.24) is 4.90 Å². The van der Waals surface area contributed by atoms with E-state index in [4.69, 9.17) is 0 Å². The molecule has 0 aromatic heterocycles. The number of thioether (sulfide) groups is 1. The third kappa shape index (κ3) is 4.10. The van der Waals surface area contributed by atoms with Gasteiger partial charge in [0.1, 0.15) is 11.1 Å². The Hall–Kier alpha value is -2.15. The van der Waals surface area contributed by atoms with Crippen molar-refractivity contribution in [2.24, 2.45) is 0 Å². The van der Waals surface area contributed by atoms with Gasteiger partial charge in [-0.15, -0.1) is 24.9 Å². The Bertz CT molecular complexity index is 762. The maximum Gasteiger partial charge on any atom is 0.573 e. The number of ether oxygens (including phenoxy) is 1. The van der Waals surface area contributed by atoms with Crippen LogP contribution in [0.15, 0.2) is 48.5 Å². The molecule has 3 rings (SSSR count). The number of aryl methyl sites for hydroxylation is 1. The smallest absolute Gasteiger partial charge is 0.405 e. The first-order valence-electron chi connectivity index (χ1n) is 7.69. The molecule has 132 valence electrons. The van der Waals surface area contributed by atoms with Crippen LogP contribution in [0.3, 0.4) is 0 Å². The summed E-state index contributed by atoms with van der Waals surface area (Å²) >= 11 is 1.59. The normalized spacial score (nSPS) is 17.6. The summed E-state index contributed by atoms with van der Waals surface area (Å²) < 4.78 is 41.8. The lowest BCUT2D eigenvalue weighted by Crippen LogP contribution is -2.31. The van der Waals surface area contributed by atoms with Crippen molar-refractivity contribution in [1.29, 1.82) is 0 Å². The molecule has 0 aliphatic carbocycles. The summed E-state index contributed by atoms with van der Waals surface area (Å²) in [4.78, 5) is 14.5. The van der Waals surface area contributed by atoms with Crippen molar-refractivity contribution in [3.8, 4) is 5.75 Å². The molecule has 0 spiro atoms. The lowest BCUT2D eigenvalue weighted by atomic mass is 10.1. The van der Waals surface area contributed by atoms with Gasteiger partial charge in [0.2, 0.25) is 0 Å². The van der Waals surface area contributed by atoms with E-state index in [0.717, 1.165) is 22.9 Å².